The molecule has 0 aromatic heterocycles. The SMILES string of the molecule is O=C(O)Cc1ccc(OCCCCCO)cc1. The van der Waals surface area contributed by atoms with Crippen LogP contribution in [0.2, 0.25) is 0 Å². The summed E-state index contributed by atoms with van der Waals surface area (Å²) in [6, 6.07) is 7.09. The lowest BCUT2D eigenvalue weighted by atomic mass is 10.1. The molecule has 4 nitrogen and oxygen atoms in total. The molecule has 1 aromatic carbocycles. The minimum Gasteiger partial charge on any atom is -0.494 e. The Balaban J connectivity index is 2.28. The van der Waals surface area contributed by atoms with E-state index in [0.717, 1.165) is 30.6 Å². The van der Waals surface area contributed by atoms with Crippen molar-refractivity contribution >= 4 is 5.97 Å². The van der Waals surface area contributed by atoms with Crippen LogP contribution in [0.5, 0.6) is 5.75 Å². The Bertz CT molecular complexity index is 332. The number of aliphatic carboxylic acids is 1. The van der Waals surface area contributed by atoms with E-state index in [-0.39, 0.29) is 13.0 Å². The number of hydrogen-bond donors (Lipinski definition) is 2. The first-order chi connectivity index (χ1) is 8.22. The van der Waals surface area contributed by atoms with Crippen LogP contribution < -0.4 is 4.74 Å². The van der Waals surface area contributed by atoms with Gasteiger partial charge in [0, 0.05) is 6.61 Å². The molecule has 0 radical (unpaired) electrons. The third kappa shape index (κ3) is 5.92. The Kier molecular flexibility index (Phi) is 6.10. The number of hydrogen-bond acceptors (Lipinski definition) is 3. The summed E-state index contributed by atoms with van der Waals surface area (Å²) in [5.74, 6) is -0.0780. The van der Waals surface area contributed by atoms with Crippen LogP contribution in [-0.4, -0.2) is 29.4 Å². The van der Waals surface area contributed by atoms with Crippen molar-refractivity contribution in [3.8, 4) is 5.75 Å². The van der Waals surface area contributed by atoms with Crippen molar-refractivity contribution in [2.45, 2.75) is 25.7 Å². The maximum Gasteiger partial charge on any atom is 0.307 e. The van der Waals surface area contributed by atoms with Crippen molar-refractivity contribution in [2.24, 2.45) is 0 Å². The number of benzene rings is 1. The summed E-state index contributed by atoms with van der Waals surface area (Å²) < 4.78 is 5.48. The summed E-state index contributed by atoms with van der Waals surface area (Å²) in [5, 5.41) is 17.2. The number of ether oxygens (including phenoxy) is 1. The quantitative estimate of drug-likeness (QED) is 0.678. The topological polar surface area (TPSA) is 66.8 Å². The van der Waals surface area contributed by atoms with E-state index in [1.54, 1.807) is 24.3 Å². The zero-order chi connectivity index (χ0) is 12.5. The molecule has 0 unspecified atom stereocenters. The monoisotopic (exact) mass is 238 g/mol. The minimum atomic E-state index is -0.831. The average Bonchev–Trinajstić information content (AvgIpc) is 2.30. The Morgan fingerprint density at radius 1 is 1.12 bits per heavy atom. The van der Waals surface area contributed by atoms with E-state index in [1.165, 1.54) is 0 Å². The molecular weight excluding hydrogens is 220 g/mol. The van der Waals surface area contributed by atoms with Crippen molar-refractivity contribution in [3.05, 3.63) is 29.8 Å². The summed E-state index contributed by atoms with van der Waals surface area (Å²) in [7, 11) is 0. The predicted molar refractivity (Wildman–Crippen MR) is 64.2 cm³/mol. The third-order valence-corrected chi connectivity index (χ3v) is 2.35. The van der Waals surface area contributed by atoms with Crippen molar-refractivity contribution < 1.29 is 19.7 Å². The fraction of sp³-hybridized carbons (Fsp3) is 0.462. The molecule has 0 amide bonds. The molecule has 0 saturated heterocycles. The molecule has 0 fully saturated rings. The minimum absolute atomic E-state index is 0.0385. The van der Waals surface area contributed by atoms with Gasteiger partial charge in [-0.3, -0.25) is 4.79 Å². The molecule has 1 rings (SSSR count). The van der Waals surface area contributed by atoms with Gasteiger partial charge in [-0.05, 0) is 37.0 Å². The van der Waals surface area contributed by atoms with Crippen molar-refractivity contribution in [1.82, 2.24) is 0 Å². The summed E-state index contributed by atoms with van der Waals surface area (Å²) >= 11 is 0. The highest BCUT2D eigenvalue weighted by atomic mass is 16.5. The van der Waals surface area contributed by atoms with Crippen LogP contribution >= 0.6 is 0 Å². The number of rotatable bonds is 8. The molecule has 0 aliphatic carbocycles. The zero-order valence-electron chi connectivity index (χ0n) is 9.76. The molecule has 1 aromatic rings. The van der Waals surface area contributed by atoms with Gasteiger partial charge in [-0.25, -0.2) is 0 Å². The lowest BCUT2D eigenvalue weighted by Gasteiger charge is -2.06. The van der Waals surface area contributed by atoms with Crippen LogP contribution in [0.1, 0.15) is 24.8 Å². The maximum absolute atomic E-state index is 10.5. The number of carbonyl (C=O) groups is 1. The lowest BCUT2D eigenvalue weighted by Crippen LogP contribution is -2.01. The first-order valence-corrected chi connectivity index (χ1v) is 5.77. The van der Waals surface area contributed by atoms with E-state index >= 15 is 0 Å². The smallest absolute Gasteiger partial charge is 0.307 e. The number of carboxylic acid groups (broad SMARTS) is 1. The van der Waals surface area contributed by atoms with Gasteiger partial charge in [0.2, 0.25) is 0 Å². The van der Waals surface area contributed by atoms with Gasteiger partial charge in [0.15, 0.2) is 0 Å². The normalized spacial score (nSPS) is 10.2. The molecule has 0 spiro atoms. The van der Waals surface area contributed by atoms with Crippen LogP contribution in [0.3, 0.4) is 0 Å². The van der Waals surface area contributed by atoms with Crippen molar-refractivity contribution in [2.75, 3.05) is 13.2 Å². The van der Waals surface area contributed by atoms with Crippen molar-refractivity contribution in [3.63, 3.8) is 0 Å². The van der Waals surface area contributed by atoms with Crippen LogP contribution in [-0.2, 0) is 11.2 Å². The second kappa shape index (κ2) is 7.68. The molecule has 17 heavy (non-hydrogen) atoms. The van der Waals surface area contributed by atoms with Crippen LogP contribution in [0.4, 0.5) is 0 Å². The Morgan fingerprint density at radius 3 is 2.41 bits per heavy atom. The van der Waals surface area contributed by atoms with Crippen LogP contribution in [0.25, 0.3) is 0 Å². The van der Waals surface area contributed by atoms with Gasteiger partial charge in [-0.1, -0.05) is 12.1 Å². The predicted octanol–water partition coefficient (Wildman–Crippen LogP) is 1.86. The van der Waals surface area contributed by atoms with Gasteiger partial charge >= 0.3 is 5.97 Å². The largest absolute Gasteiger partial charge is 0.494 e. The molecule has 0 bridgehead atoms. The van der Waals surface area contributed by atoms with Crippen molar-refractivity contribution in [1.29, 1.82) is 0 Å². The molecule has 0 atom stereocenters. The highest BCUT2D eigenvalue weighted by Gasteiger charge is 2.00. The van der Waals surface area contributed by atoms with Gasteiger partial charge in [-0.2, -0.15) is 0 Å². The van der Waals surface area contributed by atoms with Gasteiger partial charge < -0.3 is 14.9 Å². The van der Waals surface area contributed by atoms with Gasteiger partial charge in [0.05, 0.1) is 13.0 Å². The first-order valence-electron chi connectivity index (χ1n) is 5.77. The molecule has 2 N–H and O–H groups in total. The fourth-order valence-electron chi connectivity index (χ4n) is 1.46. The van der Waals surface area contributed by atoms with E-state index < -0.39 is 5.97 Å². The molecule has 0 aliphatic heterocycles. The number of carboxylic acids is 1. The molecular formula is C13H18O4. The molecule has 0 saturated carbocycles. The summed E-state index contributed by atoms with van der Waals surface area (Å²) in [6.07, 6.45) is 2.71. The standard InChI is InChI=1S/C13H18O4/c14-8-2-1-3-9-17-12-6-4-11(5-7-12)10-13(15)16/h4-7,14H,1-3,8-10H2,(H,15,16). The second-order valence-corrected chi connectivity index (χ2v) is 3.85. The van der Waals surface area contributed by atoms with E-state index in [1.807, 2.05) is 0 Å². The van der Waals surface area contributed by atoms with Crippen LogP contribution in [0.15, 0.2) is 24.3 Å². The summed E-state index contributed by atoms with van der Waals surface area (Å²) in [4.78, 5) is 10.5. The molecule has 94 valence electrons. The number of aliphatic hydroxyl groups excluding tert-OH is 1. The second-order valence-electron chi connectivity index (χ2n) is 3.85. The van der Waals surface area contributed by atoms with Gasteiger partial charge in [-0.15, -0.1) is 0 Å². The average molecular weight is 238 g/mol. The molecule has 0 heterocycles. The molecule has 0 aliphatic rings. The number of aliphatic hydroxyl groups is 1. The Morgan fingerprint density at radius 2 is 1.82 bits per heavy atom. The molecule has 4 heteroatoms. The first kappa shape index (κ1) is 13.5. The highest BCUT2D eigenvalue weighted by Crippen LogP contribution is 2.13. The summed E-state index contributed by atoms with van der Waals surface area (Å²) in [5.41, 5.74) is 0.769. The van der Waals surface area contributed by atoms with E-state index in [2.05, 4.69) is 0 Å². The van der Waals surface area contributed by atoms with Gasteiger partial charge in [0.1, 0.15) is 5.75 Å². The van der Waals surface area contributed by atoms with E-state index in [0.29, 0.717) is 6.61 Å². The number of unbranched alkanes of at least 4 members (excludes halogenated alkanes) is 2. The highest BCUT2D eigenvalue weighted by molar-refractivity contribution is 5.70. The Labute approximate surface area is 101 Å². The van der Waals surface area contributed by atoms with Gasteiger partial charge in [0.25, 0.3) is 0 Å². The third-order valence-electron chi connectivity index (χ3n) is 2.35. The summed E-state index contributed by atoms with van der Waals surface area (Å²) in [6.45, 7) is 0.849. The van der Waals surface area contributed by atoms with Crippen LogP contribution in [0, 0.1) is 0 Å². The van der Waals surface area contributed by atoms with E-state index in [9.17, 15) is 4.79 Å². The fourth-order valence-corrected chi connectivity index (χ4v) is 1.46. The zero-order valence-corrected chi connectivity index (χ0v) is 9.76. The lowest BCUT2D eigenvalue weighted by molar-refractivity contribution is -0.136. The Hall–Kier alpha value is -1.55. The maximum atomic E-state index is 10.5. The van der Waals surface area contributed by atoms with E-state index in [4.69, 9.17) is 14.9 Å².